The Morgan fingerprint density at radius 1 is 1.16 bits per heavy atom. The van der Waals surface area contributed by atoms with Crippen molar-refractivity contribution in [1.82, 2.24) is 9.78 Å². The van der Waals surface area contributed by atoms with Crippen LogP contribution in [0.5, 0.6) is 0 Å². The van der Waals surface area contributed by atoms with Gasteiger partial charge in [-0.2, -0.15) is 5.10 Å². The van der Waals surface area contributed by atoms with E-state index in [0.717, 1.165) is 36.1 Å². The molecule has 3 nitrogen and oxygen atoms in total. The van der Waals surface area contributed by atoms with Gasteiger partial charge in [0.1, 0.15) is 0 Å². The highest BCUT2D eigenvalue weighted by Gasteiger charge is 2.48. The van der Waals surface area contributed by atoms with Crippen LogP contribution < -0.4 is 5.32 Å². The topological polar surface area (TPSA) is 29.9 Å². The van der Waals surface area contributed by atoms with Crippen LogP contribution in [0.25, 0.3) is 0 Å². The van der Waals surface area contributed by atoms with E-state index in [2.05, 4.69) is 23.5 Å². The third-order valence-corrected chi connectivity index (χ3v) is 5.79. The van der Waals surface area contributed by atoms with E-state index in [1.165, 1.54) is 43.5 Å². The van der Waals surface area contributed by atoms with Crippen molar-refractivity contribution in [3.63, 3.8) is 0 Å². The molecule has 4 fully saturated rings. The largest absolute Gasteiger partial charge is 0.379 e. The zero-order valence-electron chi connectivity index (χ0n) is 12.1. The lowest BCUT2D eigenvalue weighted by molar-refractivity contribution is 0.00752. The van der Waals surface area contributed by atoms with Gasteiger partial charge in [0.15, 0.2) is 0 Å². The molecule has 0 atom stereocenters. The van der Waals surface area contributed by atoms with Crippen molar-refractivity contribution in [3.05, 3.63) is 11.9 Å². The molecule has 0 amide bonds. The molecule has 0 saturated heterocycles. The van der Waals surface area contributed by atoms with Gasteiger partial charge in [-0.3, -0.25) is 4.68 Å². The van der Waals surface area contributed by atoms with E-state index in [1.54, 1.807) is 0 Å². The van der Waals surface area contributed by atoms with Gasteiger partial charge in [0, 0.05) is 19.3 Å². The van der Waals surface area contributed by atoms with Gasteiger partial charge in [-0.1, -0.05) is 6.92 Å². The monoisotopic (exact) mass is 259 g/mol. The van der Waals surface area contributed by atoms with Crippen LogP contribution in [0.1, 0.15) is 44.7 Å². The fraction of sp³-hybridized carbons (Fsp3) is 0.812. The SMILES string of the molecule is CCc1nn(C)cc1NC1C2CC3CC(C2)CC1C3. The summed E-state index contributed by atoms with van der Waals surface area (Å²) in [4.78, 5) is 0. The molecule has 1 N–H and O–H groups in total. The molecule has 4 aliphatic carbocycles. The lowest BCUT2D eigenvalue weighted by Crippen LogP contribution is -2.51. The summed E-state index contributed by atoms with van der Waals surface area (Å²) in [5, 5.41) is 8.45. The molecule has 4 saturated carbocycles. The summed E-state index contributed by atoms with van der Waals surface area (Å²) in [5.41, 5.74) is 2.53. The number of aryl methyl sites for hydroxylation is 2. The Kier molecular flexibility index (Phi) is 2.64. The molecule has 4 aliphatic rings. The van der Waals surface area contributed by atoms with Crippen molar-refractivity contribution < 1.29 is 0 Å². The second-order valence-electron chi connectivity index (χ2n) is 7.12. The predicted molar refractivity (Wildman–Crippen MR) is 77.0 cm³/mol. The van der Waals surface area contributed by atoms with Gasteiger partial charge in [0.25, 0.3) is 0 Å². The Morgan fingerprint density at radius 3 is 2.37 bits per heavy atom. The Morgan fingerprint density at radius 2 is 1.79 bits per heavy atom. The molecule has 0 aromatic carbocycles. The summed E-state index contributed by atoms with van der Waals surface area (Å²) in [7, 11) is 2.03. The molecular formula is C16H25N3. The molecule has 1 heterocycles. The van der Waals surface area contributed by atoms with Crippen LogP contribution in [0.2, 0.25) is 0 Å². The molecule has 1 aromatic rings. The van der Waals surface area contributed by atoms with E-state index in [-0.39, 0.29) is 0 Å². The number of nitrogens with zero attached hydrogens (tertiary/aromatic N) is 2. The quantitative estimate of drug-likeness (QED) is 0.903. The highest BCUT2D eigenvalue weighted by atomic mass is 15.3. The molecule has 4 bridgehead atoms. The van der Waals surface area contributed by atoms with Crippen LogP contribution >= 0.6 is 0 Å². The first-order chi connectivity index (χ1) is 9.22. The molecule has 104 valence electrons. The Balaban J connectivity index is 1.56. The first-order valence-corrected chi connectivity index (χ1v) is 8.02. The highest BCUT2D eigenvalue weighted by molar-refractivity contribution is 5.47. The number of aromatic nitrogens is 2. The van der Waals surface area contributed by atoms with Crippen molar-refractivity contribution >= 4 is 5.69 Å². The molecule has 3 heteroatoms. The fourth-order valence-electron chi connectivity index (χ4n) is 5.26. The van der Waals surface area contributed by atoms with Crippen LogP contribution in [0.4, 0.5) is 5.69 Å². The lowest BCUT2D eigenvalue weighted by Gasteiger charge is -2.54. The smallest absolute Gasteiger partial charge is 0.0853 e. The summed E-state index contributed by atoms with van der Waals surface area (Å²) < 4.78 is 1.96. The Bertz CT molecular complexity index is 448. The minimum atomic E-state index is 0.724. The van der Waals surface area contributed by atoms with Gasteiger partial charge < -0.3 is 5.32 Å². The Hall–Kier alpha value is -0.990. The average molecular weight is 259 g/mol. The lowest BCUT2D eigenvalue weighted by atomic mass is 9.54. The molecule has 0 spiro atoms. The molecular weight excluding hydrogens is 234 g/mol. The average Bonchev–Trinajstić information content (AvgIpc) is 2.73. The maximum Gasteiger partial charge on any atom is 0.0853 e. The third-order valence-electron chi connectivity index (χ3n) is 5.79. The zero-order valence-corrected chi connectivity index (χ0v) is 12.1. The van der Waals surface area contributed by atoms with Crippen molar-refractivity contribution in [2.75, 3.05) is 5.32 Å². The summed E-state index contributed by atoms with van der Waals surface area (Å²) >= 11 is 0. The first-order valence-electron chi connectivity index (χ1n) is 8.02. The van der Waals surface area contributed by atoms with E-state index in [1.807, 2.05) is 11.7 Å². The van der Waals surface area contributed by atoms with Gasteiger partial charge >= 0.3 is 0 Å². The number of nitrogens with one attached hydrogen (secondary N) is 1. The second kappa shape index (κ2) is 4.26. The normalized spacial score (nSPS) is 39.8. The number of hydrogen-bond donors (Lipinski definition) is 1. The summed E-state index contributed by atoms with van der Waals surface area (Å²) in [6, 6.07) is 0.724. The molecule has 0 radical (unpaired) electrons. The molecule has 5 rings (SSSR count). The van der Waals surface area contributed by atoms with Crippen molar-refractivity contribution in [2.24, 2.45) is 30.7 Å². The van der Waals surface area contributed by atoms with Gasteiger partial charge in [0.05, 0.1) is 11.4 Å². The van der Waals surface area contributed by atoms with Gasteiger partial charge in [-0.05, 0) is 62.2 Å². The van der Waals surface area contributed by atoms with Crippen LogP contribution in [-0.2, 0) is 13.5 Å². The van der Waals surface area contributed by atoms with E-state index >= 15 is 0 Å². The minimum absolute atomic E-state index is 0.724. The van der Waals surface area contributed by atoms with E-state index in [4.69, 9.17) is 0 Å². The first kappa shape index (κ1) is 11.8. The van der Waals surface area contributed by atoms with Crippen molar-refractivity contribution in [2.45, 2.75) is 51.5 Å². The van der Waals surface area contributed by atoms with E-state index in [0.29, 0.717) is 0 Å². The third kappa shape index (κ3) is 1.89. The Labute approximate surface area is 115 Å². The van der Waals surface area contributed by atoms with Crippen molar-refractivity contribution in [1.29, 1.82) is 0 Å². The fourth-order valence-corrected chi connectivity index (χ4v) is 5.26. The maximum atomic E-state index is 4.57. The highest BCUT2D eigenvalue weighted by Crippen LogP contribution is 2.54. The van der Waals surface area contributed by atoms with Gasteiger partial charge in [-0.15, -0.1) is 0 Å². The van der Waals surface area contributed by atoms with E-state index in [9.17, 15) is 0 Å². The predicted octanol–water partition coefficient (Wildman–Crippen LogP) is 3.22. The van der Waals surface area contributed by atoms with E-state index < -0.39 is 0 Å². The van der Waals surface area contributed by atoms with Crippen LogP contribution in [0, 0.1) is 23.7 Å². The standard InChI is InChI=1S/C16H25N3/c1-3-14-15(9-19(2)18-14)17-16-12-5-10-4-11(7-12)8-13(16)6-10/h9-13,16-17H,3-8H2,1-2H3. The summed E-state index contributed by atoms with van der Waals surface area (Å²) in [6.07, 6.45) is 10.6. The van der Waals surface area contributed by atoms with Crippen LogP contribution in [-0.4, -0.2) is 15.8 Å². The zero-order chi connectivity index (χ0) is 13.0. The summed E-state index contributed by atoms with van der Waals surface area (Å²) in [6.45, 7) is 2.20. The number of anilines is 1. The number of hydrogen-bond acceptors (Lipinski definition) is 2. The second-order valence-corrected chi connectivity index (χ2v) is 7.12. The maximum absolute atomic E-state index is 4.57. The van der Waals surface area contributed by atoms with Crippen LogP contribution in [0.15, 0.2) is 6.20 Å². The molecule has 0 unspecified atom stereocenters. The number of rotatable bonds is 3. The molecule has 0 aliphatic heterocycles. The molecule has 19 heavy (non-hydrogen) atoms. The summed E-state index contributed by atoms with van der Waals surface area (Å²) in [5.74, 6) is 3.97. The van der Waals surface area contributed by atoms with Crippen LogP contribution in [0.3, 0.4) is 0 Å². The molecule has 1 aromatic heterocycles. The van der Waals surface area contributed by atoms with Gasteiger partial charge in [-0.25, -0.2) is 0 Å². The minimum Gasteiger partial charge on any atom is -0.379 e. The van der Waals surface area contributed by atoms with Gasteiger partial charge in [0.2, 0.25) is 0 Å². The van der Waals surface area contributed by atoms with Crippen molar-refractivity contribution in [3.8, 4) is 0 Å².